The quantitative estimate of drug-likeness (QED) is 0.714. The summed E-state index contributed by atoms with van der Waals surface area (Å²) in [7, 11) is 0. The van der Waals surface area contributed by atoms with Crippen molar-refractivity contribution >= 4 is 17.9 Å². The average molecular weight is 223 g/mol. The number of hydrogen-bond donors (Lipinski definition) is 0. The van der Waals surface area contributed by atoms with Crippen LogP contribution in [0.4, 0.5) is 0 Å². The maximum absolute atomic E-state index is 11.2. The van der Waals surface area contributed by atoms with E-state index in [0.717, 1.165) is 36.1 Å². The van der Waals surface area contributed by atoms with Crippen molar-refractivity contribution in [3.8, 4) is 0 Å². The van der Waals surface area contributed by atoms with Crippen LogP contribution in [0.1, 0.15) is 31.2 Å². The first kappa shape index (κ1) is 10.7. The van der Waals surface area contributed by atoms with Gasteiger partial charge >= 0.3 is 0 Å². The molecule has 0 bridgehead atoms. The Morgan fingerprint density at radius 3 is 2.53 bits per heavy atom. The zero-order valence-corrected chi connectivity index (χ0v) is 9.46. The number of rotatable bonds is 3. The van der Waals surface area contributed by atoms with Crippen LogP contribution in [-0.4, -0.2) is 6.29 Å². The number of benzene rings is 1. The van der Waals surface area contributed by atoms with E-state index >= 15 is 0 Å². The SMILES string of the molecule is O=CC1(Cc2ccccc2Cl)CCCC1. The van der Waals surface area contributed by atoms with Crippen molar-refractivity contribution in [2.75, 3.05) is 0 Å². The summed E-state index contributed by atoms with van der Waals surface area (Å²) in [6, 6.07) is 7.82. The molecule has 1 saturated carbocycles. The zero-order valence-electron chi connectivity index (χ0n) is 8.71. The summed E-state index contributed by atoms with van der Waals surface area (Å²) in [5, 5.41) is 0.783. The van der Waals surface area contributed by atoms with Crippen molar-refractivity contribution in [3.63, 3.8) is 0 Å². The minimum absolute atomic E-state index is 0.134. The highest BCUT2D eigenvalue weighted by Gasteiger charge is 2.33. The van der Waals surface area contributed by atoms with Gasteiger partial charge in [0.15, 0.2) is 0 Å². The van der Waals surface area contributed by atoms with Gasteiger partial charge in [0.1, 0.15) is 6.29 Å². The van der Waals surface area contributed by atoms with E-state index in [2.05, 4.69) is 0 Å². The topological polar surface area (TPSA) is 17.1 Å². The molecule has 2 rings (SSSR count). The highest BCUT2D eigenvalue weighted by Crippen LogP contribution is 2.40. The molecule has 0 aliphatic heterocycles. The number of carbonyl (C=O) groups is 1. The molecule has 15 heavy (non-hydrogen) atoms. The lowest BCUT2D eigenvalue weighted by Crippen LogP contribution is -2.21. The molecule has 1 nitrogen and oxygen atoms in total. The van der Waals surface area contributed by atoms with Gasteiger partial charge in [0.2, 0.25) is 0 Å². The molecule has 0 radical (unpaired) electrons. The van der Waals surface area contributed by atoms with Crippen molar-refractivity contribution in [2.45, 2.75) is 32.1 Å². The second kappa shape index (κ2) is 4.36. The molecule has 1 fully saturated rings. The molecule has 1 aromatic rings. The van der Waals surface area contributed by atoms with Crippen LogP contribution < -0.4 is 0 Å². The lowest BCUT2D eigenvalue weighted by Gasteiger charge is -2.22. The summed E-state index contributed by atoms with van der Waals surface area (Å²) >= 11 is 6.11. The van der Waals surface area contributed by atoms with E-state index in [-0.39, 0.29) is 5.41 Å². The fourth-order valence-electron chi connectivity index (χ4n) is 2.44. The highest BCUT2D eigenvalue weighted by molar-refractivity contribution is 6.31. The van der Waals surface area contributed by atoms with E-state index in [1.807, 2.05) is 24.3 Å². The summed E-state index contributed by atoms with van der Waals surface area (Å²) in [6.07, 6.45) is 6.31. The van der Waals surface area contributed by atoms with Gasteiger partial charge in [-0.1, -0.05) is 42.6 Å². The molecular weight excluding hydrogens is 208 g/mol. The van der Waals surface area contributed by atoms with Gasteiger partial charge in [-0.05, 0) is 30.9 Å². The van der Waals surface area contributed by atoms with Crippen LogP contribution >= 0.6 is 11.6 Å². The summed E-state index contributed by atoms with van der Waals surface area (Å²) < 4.78 is 0. The lowest BCUT2D eigenvalue weighted by atomic mass is 9.81. The molecule has 0 unspecified atom stereocenters. The Balaban J connectivity index is 2.20. The predicted octanol–water partition coefficient (Wildman–Crippen LogP) is 3.64. The third-order valence-corrected chi connectivity index (χ3v) is 3.72. The molecule has 0 heterocycles. The van der Waals surface area contributed by atoms with Crippen LogP contribution in [0.15, 0.2) is 24.3 Å². The van der Waals surface area contributed by atoms with Crippen molar-refractivity contribution < 1.29 is 4.79 Å². The third kappa shape index (κ3) is 2.23. The number of halogens is 1. The Morgan fingerprint density at radius 1 is 1.27 bits per heavy atom. The monoisotopic (exact) mass is 222 g/mol. The summed E-state index contributed by atoms with van der Waals surface area (Å²) in [5.41, 5.74) is 0.971. The molecule has 1 aromatic carbocycles. The van der Waals surface area contributed by atoms with Gasteiger partial charge in [0.25, 0.3) is 0 Å². The van der Waals surface area contributed by atoms with Crippen LogP contribution in [0.25, 0.3) is 0 Å². The van der Waals surface area contributed by atoms with E-state index < -0.39 is 0 Å². The number of hydrogen-bond acceptors (Lipinski definition) is 1. The van der Waals surface area contributed by atoms with E-state index in [1.165, 1.54) is 12.8 Å². The molecule has 0 N–H and O–H groups in total. The Kier molecular flexibility index (Phi) is 3.11. The maximum atomic E-state index is 11.2. The van der Waals surface area contributed by atoms with Gasteiger partial charge in [0.05, 0.1) is 0 Å². The van der Waals surface area contributed by atoms with Gasteiger partial charge < -0.3 is 4.79 Å². The van der Waals surface area contributed by atoms with Crippen molar-refractivity contribution in [2.24, 2.45) is 5.41 Å². The number of carbonyl (C=O) groups excluding carboxylic acids is 1. The van der Waals surface area contributed by atoms with Crippen molar-refractivity contribution in [3.05, 3.63) is 34.9 Å². The van der Waals surface area contributed by atoms with Crippen LogP contribution in [0.5, 0.6) is 0 Å². The van der Waals surface area contributed by atoms with E-state index in [1.54, 1.807) is 0 Å². The Bertz CT molecular complexity index is 353. The van der Waals surface area contributed by atoms with Gasteiger partial charge in [-0.3, -0.25) is 0 Å². The first-order valence-corrected chi connectivity index (χ1v) is 5.83. The molecule has 80 valence electrons. The minimum Gasteiger partial charge on any atom is -0.303 e. The fourth-order valence-corrected chi connectivity index (χ4v) is 2.64. The molecular formula is C13H15ClO. The van der Waals surface area contributed by atoms with Gasteiger partial charge in [-0.25, -0.2) is 0 Å². The second-order valence-electron chi connectivity index (χ2n) is 4.46. The minimum atomic E-state index is -0.134. The first-order chi connectivity index (χ1) is 7.26. The summed E-state index contributed by atoms with van der Waals surface area (Å²) in [6.45, 7) is 0. The van der Waals surface area contributed by atoms with Crippen molar-refractivity contribution in [1.82, 2.24) is 0 Å². The molecule has 0 aromatic heterocycles. The van der Waals surface area contributed by atoms with E-state index in [4.69, 9.17) is 11.6 Å². The van der Waals surface area contributed by atoms with Gasteiger partial charge in [0, 0.05) is 10.4 Å². The van der Waals surface area contributed by atoms with Gasteiger partial charge in [-0.15, -0.1) is 0 Å². The predicted molar refractivity (Wildman–Crippen MR) is 62.1 cm³/mol. The molecule has 2 heteroatoms. The van der Waals surface area contributed by atoms with E-state index in [0.29, 0.717) is 0 Å². The van der Waals surface area contributed by atoms with Crippen LogP contribution in [0, 0.1) is 5.41 Å². The van der Waals surface area contributed by atoms with E-state index in [9.17, 15) is 4.79 Å². The van der Waals surface area contributed by atoms with Gasteiger partial charge in [-0.2, -0.15) is 0 Å². The Morgan fingerprint density at radius 2 is 1.93 bits per heavy atom. The van der Waals surface area contributed by atoms with Crippen LogP contribution in [0.2, 0.25) is 5.02 Å². The van der Waals surface area contributed by atoms with Crippen LogP contribution in [0.3, 0.4) is 0 Å². The molecule has 1 aliphatic rings. The summed E-state index contributed by atoms with van der Waals surface area (Å²) in [4.78, 5) is 11.2. The standard InChI is InChI=1S/C13H15ClO/c14-12-6-2-1-5-11(12)9-13(10-15)7-3-4-8-13/h1-2,5-6,10H,3-4,7-9H2. The molecule has 0 atom stereocenters. The molecule has 0 spiro atoms. The third-order valence-electron chi connectivity index (χ3n) is 3.35. The Hall–Kier alpha value is -0.820. The number of aldehydes is 1. The van der Waals surface area contributed by atoms with Crippen LogP contribution in [-0.2, 0) is 11.2 Å². The smallest absolute Gasteiger partial charge is 0.126 e. The highest BCUT2D eigenvalue weighted by atomic mass is 35.5. The largest absolute Gasteiger partial charge is 0.303 e. The Labute approximate surface area is 95.4 Å². The summed E-state index contributed by atoms with van der Waals surface area (Å²) in [5.74, 6) is 0. The second-order valence-corrected chi connectivity index (χ2v) is 4.86. The lowest BCUT2D eigenvalue weighted by molar-refractivity contribution is -0.115. The normalized spacial score (nSPS) is 19.0. The zero-order chi connectivity index (χ0) is 10.7. The fraction of sp³-hybridized carbons (Fsp3) is 0.462. The molecule has 1 aliphatic carbocycles. The molecule has 0 saturated heterocycles. The maximum Gasteiger partial charge on any atom is 0.126 e. The first-order valence-electron chi connectivity index (χ1n) is 5.45. The molecule has 0 amide bonds. The average Bonchev–Trinajstić information content (AvgIpc) is 2.71. The van der Waals surface area contributed by atoms with Crippen molar-refractivity contribution in [1.29, 1.82) is 0 Å².